The fourth-order valence-electron chi connectivity index (χ4n) is 0.722. The second-order valence-electron chi connectivity index (χ2n) is 2.02. The monoisotopic (exact) mass is 155 g/mol. The van der Waals surface area contributed by atoms with Gasteiger partial charge in [0, 0.05) is 17.3 Å². The highest BCUT2D eigenvalue weighted by Gasteiger charge is 2.04. The first-order valence-corrected chi connectivity index (χ1v) is 3.95. The van der Waals surface area contributed by atoms with E-state index in [0.29, 0.717) is 6.42 Å². The van der Waals surface area contributed by atoms with Crippen molar-refractivity contribution in [2.75, 3.05) is 0 Å². The summed E-state index contributed by atoms with van der Waals surface area (Å²) in [6.45, 7) is 0. The minimum Gasteiger partial charge on any atom is -0.323 e. The summed E-state index contributed by atoms with van der Waals surface area (Å²) in [4.78, 5) is 11.1. The number of thiophene rings is 1. The van der Waals surface area contributed by atoms with Gasteiger partial charge in [0.1, 0.15) is 6.29 Å². The summed E-state index contributed by atoms with van der Waals surface area (Å²) in [5.41, 5.74) is 5.63. The van der Waals surface area contributed by atoms with E-state index in [9.17, 15) is 4.79 Å². The predicted molar refractivity (Wildman–Crippen MR) is 41.9 cm³/mol. The Balaban J connectivity index is 2.58. The molecule has 0 fully saturated rings. The molecule has 1 unspecified atom stereocenters. The Labute approximate surface area is 63.7 Å². The van der Waals surface area contributed by atoms with E-state index in [2.05, 4.69) is 0 Å². The van der Waals surface area contributed by atoms with Crippen LogP contribution in [-0.4, -0.2) is 6.29 Å². The number of nitrogens with two attached hydrogens (primary N) is 1. The number of rotatable bonds is 3. The summed E-state index contributed by atoms with van der Waals surface area (Å²) in [6.07, 6.45) is 1.27. The van der Waals surface area contributed by atoms with Crippen molar-refractivity contribution in [3.63, 3.8) is 0 Å². The van der Waals surface area contributed by atoms with Crippen molar-refractivity contribution < 1.29 is 4.79 Å². The van der Waals surface area contributed by atoms with Crippen LogP contribution in [0.2, 0.25) is 0 Å². The second-order valence-corrected chi connectivity index (χ2v) is 3.00. The summed E-state index contributed by atoms with van der Waals surface area (Å²) in [6, 6.07) is 3.78. The van der Waals surface area contributed by atoms with Crippen molar-refractivity contribution in [2.45, 2.75) is 12.5 Å². The van der Waals surface area contributed by atoms with Crippen LogP contribution in [0.25, 0.3) is 0 Å². The van der Waals surface area contributed by atoms with Gasteiger partial charge in [-0.25, -0.2) is 0 Å². The molecule has 1 heterocycles. The Morgan fingerprint density at radius 2 is 2.60 bits per heavy atom. The van der Waals surface area contributed by atoms with Crippen LogP contribution in [0.1, 0.15) is 17.3 Å². The van der Waals surface area contributed by atoms with Gasteiger partial charge in [0.25, 0.3) is 0 Å². The van der Waals surface area contributed by atoms with Gasteiger partial charge in [0.05, 0.1) is 0 Å². The van der Waals surface area contributed by atoms with Gasteiger partial charge in [0.2, 0.25) is 0 Å². The van der Waals surface area contributed by atoms with Crippen molar-refractivity contribution >= 4 is 17.6 Å². The van der Waals surface area contributed by atoms with Gasteiger partial charge in [0.15, 0.2) is 0 Å². The molecule has 0 amide bonds. The quantitative estimate of drug-likeness (QED) is 0.669. The average Bonchev–Trinajstić information content (AvgIpc) is 2.38. The summed E-state index contributed by atoms with van der Waals surface area (Å²) in [7, 11) is 0. The van der Waals surface area contributed by atoms with Gasteiger partial charge < -0.3 is 10.5 Å². The molecule has 2 nitrogen and oxygen atoms in total. The summed E-state index contributed by atoms with van der Waals surface area (Å²) >= 11 is 1.59. The standard InChI is InChI=1S/C7H9NOS/c8-6(3-4-9)7-2-1-5-10-7/h1-2,4-6H,3,8H2. The molecule has 10 heavy (non-hydrogen) atoms. The first kappa shape index (κ1) is 7.44. The lowest BCUT2D eigenvalue weighted by molar-refractivity contribution is -0.108. The maximum Gasteiger partial charge on any atom is 0.121 e. The molecule has 0 aliphatic rings. The van der Waals surface area contributed by atoms with E-state index in [1.54, 1.807) is 11.3 Å². The van der Waals surface area contributed by atoms with E-state index in [-0.39, 0.29) is 6.04 Å². The molecule has 1 rings (SSSR count). The van der Waals surface area contributed by atoms with Crippen LogP contribution in [0.4, 0.5) is 0 Å². The van der Waals surface area contributed by atoms with Crippen molar-refractivity contribution in [1.29, 1.82) is 0 Å². The SMILES string of the molecule is NC(CC=O)c1cccs1. The van der Waals surface area contributed by atoms with E-state index < -0.39 is 0 Å². The van der Waals surface area contributed by atoms with Crippen molar-refractivity contribution in [3.05, 3.63) is 22.4 Å². The average molecular weight is 155 g/mol. The molecule has 0 aliphatic heterocycles. The molecule has 0 saturated heterocycles. The fourth-order valence-corrected chi connectivity index (χ4v) is 1.46. The molecule has 3 heteroatoms. The van der Waals surface area contributed by atoms with Crippen LogP contribution >= 0.6 is 11.3 Å². The lowest BCUT2D eigenvalue weighted by Crippen LogP contribution is -2.08. The molecular formula is C7H9NOS. The molecule has 0 saturated carbocycles. The molecule has 0 bridgehead atoms. The third kappa shape index (κ3) is 1.65. The zero-order valence-corrected chi connectivity index (χ0v) is 6.30. The molecule has 0 spiro atoms. The Bertz CT molecular complexity index is 195. The third-order valence-electron chi connectivity index (χ3n) is 1.26. The van der Waals surface area contributed by atoms with Gasteiger partial charge in [-0.1, -0.05) is 6.07 Å². The van der Waals surface area contributed by atoms with Crippen molar-refractivity contribution in [2.24, 2.45) is 5.73 Å². The van der Waals surface area contributed by atoms with E-state index in [4.69, 9.17) is 5.73 Å². The lowest BCUT2D eigenvalue weighted by atomic mass is 10.2. The molecule has 0 aliphatic carbocycles. The number of hydrogen-bond acceptors (Lipinski definition) is 3. The van der Waals surface area contributed by atoms with Gasteiger partial charge in [-0.15, -0.1) is 11.3 Å². The van der Waals surface area contributed by atoms with E-state index >= 15 is 0 Å². The first-order valence-electron chi connectivity index (χ1n) is 3.07. The zero-order chi connectivity index (χ0) is 7.40. The number of carbonyl (C=O) groups excluding carboxylic acids is 1. The van der Waals surface area contributed by atoms with Gasteiger partial charge in [-0.05, 0) is 11.4 Å². The van der Waals surface area contributed by atoms with Crippen molar-refractivity contribution in [3.8, 4) is 0 Å². The van der Waals surface area contributed by atoms with Crippen LogP contribution in [-0.2, 0) is 4.79 Å². The van der Waals surface area contributed by atoms with E-state index in [0.717, 1.165) is 11.2 Å². The molecule has 1 aromatic heterocycles. The van der Waals surface area contributed by atoms with E-state index in [1.165, 1.54) is 0 Å². The molecule has 2 N–H and O–H groups in total. The van der Waals surface area contributed by atoms with Gasteiger partial charge in [-0.2, -0.15) is 0 Å². The topological polar surface area (TPSA) is 43.1 Å². The highest BCUT2D eigenvalue weighted by molar-refractivity contribution is 7.10. The molecule has 1 atom stereocenters. The molecule has 1 aromatic rings. The highest BCUT2D eigenvalue weighted by atomic mass is 32.1. The second kappa shape index (κ2) is 3.49. The summed E-state index contributed by atoms with van der Waals surface area (Å²) in [5.74, 6) is 0. The van der Waals surface area contributed by atoms with Crippen LogP contribution < -0.4 is 5.73 Å². The minimum absolute atomic E-state index is 0.0995. The number of hydrogen-bond donors (Lipinski definition) is 1. The number of aldehydes is 1. The Kier molecular flexibility index (Phi) is 2.59. The first-order chi connectivity index (χ1) is 4.84. The van der Waals surface area contributed by atoms with Crippen LogP contribution in [0, 0.1) is 0 Å². The predicted octanol–water partition coefficient (Wildman–Crippen LogP) is 1.34. The van der Waals surface area contributed by atoms with Crippen LogP contribution in [0.15, 0.2) is 17.5 Å². The molecule has 54 valence electrons. The highest BCUT2D eigenvalue weighted by Crippen LogP contribution is 2.17. The maximum absolute atomic E-state index is 10.0. The molecular weight excluding hydrogens is 146 g/mol. The zero-order valence-electron chi connectivity index (χ0n) is 5.49. The van der Waals surface area contributed by atoms with Crippen molar-refractivity contribution in [1.82, 2.24) is 0 Å². The number of carbonyl (C=O) groups is 1. The van der Waals surface area contributed by atoms with Crippen LogP contribution in [0.3, 0.4) is 0 Å². The Morgan fingerprint density at radius 3 is 3.10 bits per heavy atom. The fraction of sp³-hybridized carbons (Fsp3) is 0.286. The minimum atomic E-state index is -0.0995. The maximum atomic E-state index is 10.0. The summed E-state index contributed by atoms with van der Waals surface area (Å²) in [5, 5.41) is 1.96. The Hall–Kier alpha value is -0.670. The lowest BCUT2D eigenvalue weighted by Gasteiger charge is -2.02. The largest absolute Gasteiger partial charge is 0.323 e. The van der Waals surface area contributed by atoms with Gasteiger partial charge in [-0.3, -0.25) is 0 Å². The molecule has 0 radical (unpaired) electrons. The molecule has 0 aromatic carbocycles. The third-order valence-corrected chi connectivity index (χ3v) is 2.26. The van der Waals surface area contributed by atoms with E-state index in [1.807, 2.05) is 17.5 Å². The summed E-state index contributed by atoms with van der Waals surface area (Å²) < 4.78 is 0. The smallest absolute Gasteiger partial charge is 0.121 e. The normalized spacial score (nSPS) is 12.9. The van der Waals surface area contributed by atoms with Gasteiger partial charge >= 0.3 is 0 Å². The van der Waals surface area contributed by atoms with Crippen LogP contribution in [0.5, 0.6) is 0 Å². The Morgan fingerprint density at radius 1 is 1.80 bits per heavy atom.